The van der Waals surface area contributed by atoms with Crippen LogP contribution >= 0.6 is 0 Å². The molecule has 19 heavy (non-hydrogen) atoms. The van der Waals surface area contributed by atoms with Crippen molar-refractivity contribution in [3.63, 3.8) is 0 Å². The first-order valence-corrected chi connectivity index (χ1v) is 7.42. The second-order valence-corrected chi connectivity index (χ2v) is 5.99. The molecule has 1 aliphatic carbocycles. The molecular weight excluding hydrogens is 236 g/mol. The van der Waals surface area contributed by atoms with Gasteiger partial charge in [0.05, 0.1) is 12.1 Å². The van der Waals surface area contributed by atoms with Gasteiger partial charge in [0, 0.05) is 18.8 Å². The van der Waals surface area contributed by atoms with Crippen molar-refractivity contribution in [3.8, 4) is 0 Å². The van der Waals surface area contributed by atoms with E-state index in [9.17, 15) is 5.11 Å². The Bertz CT molecular complexity index is 438. The molecule has 1 unspecified atom stereocenters. The number of aryl methyl sites for hydroxylation is 1. The molecule has 0 saturated heterocycles. The summed E-state index contributed by atoms with van der Waals surface area (Å²) in [6.45, 7) is 2.25. The number of rotatable bonds is 5. The van der Waals surface area contributed by atoms with Gasteiger partial charge in [0.2, 0.25) is 0 Å². The van der Waals surface area contributed by atoms with Crippen LogP contribution in [0.5, 0.6) is 0 Å². The Hall–Kier alpha value is -1.06. The quantitative estimate of drug-likeness (QED) is 0.847. The van der Waals surface area contributed by atoms with Crippen LogP contribution in [0.2, 0.25) is 0 Å². The summed E-state index contributed by atoms with van der Waals surface area (Å²) in [5.74, 6) is 0.636. The number of hydrogen-bond donors (Lipinski definition) is 2. The molecule has 0 spiro atoms. The highest BCUT2D eigenvalue weighted by Gasteiger charge is 2.45. The van der Waals surface area contributed by atoms with Crippen molar-refractivity contribution < 1.29 is 5.11 Å². The summed E-state index contributed by atoms with van der Waals surface area (Å²) in [4.78, 5) is 2.46. The SMILES string of the molecule is CNC(CO)(CN1CCCc2ccccc21)C1CC1. The molecule has 104 valence electrons. The van der Waals surface area contributed by atoms with Gasteiger partial charge in [-0.2, -0.15) is 0 Å². The molecule has 1 aromatic carbocycles. The average molecular weight is 260 g/mol. The monoisotopic (exact) mass is 260 g/mol. The third kappa shape index (κ3) is 2.37. The Morgan fingerprint density at radius 2 is 2.16 bits per heavy atom. The fourth-order valence-corrected chi connectivity index (χ4v) is 3.42. The van der Waals surface area contributed by atoms with E-state index in [0.29, 0.717) is 5.92 Å². The summed E-state index contributed by atoms with van der Waals surface area (Å²) >= 11 is 0. The number of aliphatic hydroxyl groups excluding tert-OH is 1. The number of likely N-dealkylation sites (N-methyl/N-ethyl adjacent to an activating group) is 1. The van der Waals surface area contributed by atoms with Gasteiger partial charge in [-0.15, -0.1) is 0 Å². The van der Waals surface area contributed by atoms with Gasteiger partial charge in [-0.1, -0.05) is 18.2 Å². The third-order valence-electron chi connectivity index (χ3n) is 4.82. The number of fused-ring (bicyclic) bond motifs is 1. The molecule has 0 aromatic heterocycles. The van der Waals surface area contributed by atoms with E-state index >= 15 is 0 Å². The van der Waals surface area contributed by atoms with E-state index < -0.39 is 0 Å². The molecule has 0 bridgehead atoms. The lowest BCUT2D eigenvalue weighted by molar-refractivity contribution is 0.151. The minimum Gasteiger partial charge on any atom is -0.394 e. The fourth-order valence-electron chi connectivity index (χ4n) is 3.42. The Morgan fingerprint density at radius 3 is 2.84 bits per heavy atom. The van der Waals surface area contributed by atoms with E-state index in [1.165, 1.54) is 36.9 Å². The van der Waals surface area contributed by atoms with E-state index in [1.807, 2.05) is 7.05 Å². The molecular formula is C16H24N2O. The van der Waals surface area contributed by atoms with Crippen molar-refractivity contribution in [2.75, 3.05) is 31.6 Å². The van der Waals surface area contributed by atoms with E-state index in [1.54, 1.807) is 0 Å². The van der Waals surface area contributed by atoms with Crippen molar-refractivity contribution >= 4 is 5.69 Å². The summed E-state index contributed by atoms with van der Waals surface area (Å²) in [7, 11) is 1.99. The predicted molar refractivity (Wildman–Crippen MR) is 78.6 cm³/mol. The maximum absolute atomic E-state index is 9.88. The molecule has 3 nitrogen and oxygen atoms in total. The topological polar surface area (TPSA) is 35.5 Å². The summed E-state index contributed by atoms with van der Waals surface area (Å²) < 4.78 is 0. The second kappa shape index (κ2) is 5.14. The lowest BCUT2D eigenvalue weighted by Gasteiger charge is -2.41. The van der Waals surface area contributed by atoms with Crippen molar-refractivity contribution in [2.45, 2.75) is 31.2 Å². The Balaban J connectivity index is 1.83. The summed E-state index contributed by atoms with van der Waals surface area (Å²) in [6, 6.07) is 8.70. The van der Waals surface area contributed by atoms with Crippen molar-refractivity contribution in [1.82, 2.24) is 5.32 Å². The summed E-state index contributed by atoms with van der Waals surface area (Å²) in [6.07, 6.45) is 4.89. The highest BCUT2D eigenvalue weighted by molar-refractivity contribution is 5.55. The van der Waals surface area contributed by atoms with Gasteiger partial charge in [-0.05, 0) is 50.3 Å². The van der Waals surface area contributed by atoms with Gasteiger partial charge in [0.25, 0.3) is 0 Å². The zero-order chi connectivity index (χ0) is 13.3. The van der Waals surface area contributed by atoms with Crippen LogP contribution in [0.4, 0.5) is 5.69 Å². The molecule has 2 aliphatic rings. The van der Waals surface area contributed by atoms with Crippen LogP contribution in [-0.4, -0.2) is 37.4 Å². The van der Waals surface area contributed by atoms with Gasteiger partial charge < -0.3 is 15.3 Å². The van der Waals surface area contributed by atoms with E-state index in [4.69, 9.17) is 0 Å². The Labute approximate surface area is 115 Å². The van der Waals surface area contributed by atoms with Crippen LogP contribution in [0, 0.1) is 5.92 Å². The number of aliphatic hydroxyl groups is 1. The van der Waals surface area contributed by atoms with E-state index in [-0.39, 0.29) is 12.1 Å². The molecule has 3 rings (SSSR count). The standard InChI is InChI=1S/C16H24N2O/c1-17-16(12-19,14-8-9-14)11-18-10-4-6-13-5-2-3-7-15(13)18/h2-3,5,7,14,17,19H,4,6,8-12H2,1H3. The average Bonchev–Trinajstić information content (AvgIpc) is 3.30. The van der Waals surface area contributed by atoms with E-state index in [0.717, 1.165) is 13.1 Å². The van der Waals surface area contributed by atoms with Crippen molar-refractivity contribution in [3.05, 3.63) is 29.8 Å². The number of anilines is 1. The van der Waals surface area contributed by atoms with Gasteiger partial charge in [-0.25, -0.2) is 0 Å². The van der Waals surface area contributed by atoms with Crippen LogP contribution in [0.15, 0.2) is 24.3 Å². The molecule has 1 saturated carbocycles. The van der Waals surface area contributed by atoms with Gasteiger partial charge in [-0.3, -0.25) is 0 Å². The van der Waals surface area contributed by atoms with Crippen LogP contribution in [0.1, 0.15) is 24.8 Å². The third-order valence-corrected chi connectivity index (χ3v) is 4.82. The van der Waals surface area contributed by atoms with Gasteiger partial charge in [0.15, 0.2) is 0 Å². The molecule has 2 N–H and O–H groups in total. The molecule has 1 aromatic rings. The smallest absolute Gasteiger partial charge is 0.0633 e. The molecule has 1 aliphatic heterocycles. The highest BCUT2D eigenvalue weighted by atomic mass is 16.3. The minimum absolute atomic E-state index is 0.121. The first-order valence-electron chi connectivity index (χ1n) is 7.42. The largest absolute Gasteiger partial charge is 0.394 e. The first kappa shape index (κ1) is 12.9. The Kier molecular flexibility index (Phi) is 3.50. The molecule has 1 fully saturated rings. The zero-order valence-corrected chi connectivity index (χ0v) is 11.7. The molecule has 0 amide bonds. The lowest BCUT2D eigenvalue weighted by atomic mass is 9.91. The van der Waals surface area contributed by atoms with Crippen LogP contribution in [0.3, 0.4) is 0 Å². The number of para-hydroxylation sites is 1. The Morgan fingerprint density at radius 1 is 1.37 bits per heavy atom. The predicted octanol–water partition coefficient (Wildman–Crippen LogP) is 1.80. The zero-order valence-electron chi connectivity index (χ0n) is 11.7. The van der Waals surface area contributed by atoms with Gasteiger partial charge >= 0.3 is 0 Å². The summed E-state index contributed by atoms with van der Waals surface area (Å²) in [5.41, 5.74) is 2.69. The number of hydrogen-bond acceptors (Lipinski definition) is 3. The van der Waals surface area contributed by atoms with E-state index in [2.05, 4.69) is 34.5 Å². The fraction of sp³-hybridized carbons (Fsp3) is 0.625. The lowest BCUT2D eigenvalue weighted by Crippen LogP contribution is -2.57. The number of nitrogens with one attached hydrogen (secondary N) is 1. The molecule has 3 heteroatoms. The molecule has 1 atom stereocenters. The number of nitrogens with zero attached hydrogens (tertiary/aromatic N) is 1. The summed E-state index contributed by atoms with van der Waals surface area (Å²) in [5, 5.41) is 13.3. The molecule has 1 heterocycles. The highest BCUT2D eigenvalue weighted by Crippen LogP contribution is 2.41. The maximum atomic E-state index is 9.88. The normalized spacial score (nSPS) is 21.9. The number of benzene rings is 1. The van der Waals surface area contributed by atoms with Gasteiger partial charge in [0.1, 0.15) is 0 Å². The maximum Gasteiger partial charge on any atom is 0.0633 e. The first-order chi connectivity index (χ1) is 9.29. The van der Waals surface area contributed by atoms with Crippen LogP contribution in [0.25, 0.3) is 0 Å². The van der Waals surface area contributed by atoms with Crippen LogP contribution in [-0.2, 0) is 6.42 Å². The van der Waals surface area contributed by atoms with Crippen LogP contribution < -0.4 is 10.2 Å². The second-order valence-electron chi connectivity index (χ2n) is 5.99. The minimum atomic E-state index is -0.121. The van der Waals surface area contributed by atoms with Crippen molar-refractivity contribution in [2.24, 2.45) is 5.92 Å². The van der Waals surface area contributed by atoms with Crippen molar-refractivity contribution in [1.29, 1.82) is 0 Å². The molecule has 0 radical (unpaired) electrons.